The summed E-state index contributed by atoms with van der Waals surface area (Å²) in [6.45, 7) is 1.07. The second kappa shape index (κ2) is 4.23. The minimum atomic E-state index is -0.0532. The SMILES string of the molecule is C#CC1CCP(N(C)C)N(C)C1. The van der Waals surface area contributed by atoms with Crippen molar-refractivity contribution < 1.29 is 0 Å². The van der Waals surface area contributed by atoms with Gasteiger partial charge in [-0.25, -0.2) is 0 Å². The molecule has 1 saturated heterocycles. The summed E-state index contributed by atoms with van der Waals surface area (Å²) in [5, 5.41) is 0. The number of rotatable bonds is 1. The molecule has 0 amide bonds. The monoisotopic (exact) mass is 184 g/mol. The van der Waals surface area contributed by atoms with Crippen molar-refractivity contribution in [3.05, 3.63) is 0 Å². The third-order valence-corrected chi connectivity index (χ3v) is 4.79. The Morgan fingerprint density at radius 3 is 2.67 bits per heavy atom. The lowest BCUT2D eigenvalue weighted by Gasteiger charge is -2.38. The van der Waals surface area contributed by atoms with Gasteiger partial charge < -0.3 is 0 Å². The van der Waals surface area contributed by atoms with Gasteiger partial charge >= 0.3 is 0 Å². The zero-order valence-corrected chi connectivity index (χ0v) is 9.01. The molecule has 12 heavy (non-hydrogen) atoms. The van der Waals surface area contributed by atoms with Gasteiger partial charge in [-0.3, -0.25) is 9.34 Å². The zero-order chi connectivity index (χ0) is 9.14. The molecular formula is C9H17N2P. The highest BCUT2D eigenvalue weighted by Crippen LogP contribution is 2.45. The van der Waals surface area contributed by atoms with Crippen LogP contribution < -0.4 is 0 Å². The number of terminal acetylenes is 1. The Labute approximate surface area is 76.8 Å². The van der Waals surface area contributed by atoms with Crippen molar-refractivity contribution >= 4 is 8.22 Å². The van der Waals surface area contributed by atoms with Crippen LogP contribution in [-0.2, 0) is 0 Å². The van der Waals surface area contributed by atoms with Crippen LogP contribution in [0.3, 0.4) is 0 Å². The molecule has 2 nitrogen and oxygen atoms in total. The van der Waals surface area contributed by atoms with E-state index in [9.17, 15) is 0 Å². The molecule has 1 rings (SSSR count). The fraction of sp³-hybridized carbons (Fsp3) is 0.778. The first kappa shape index (κ1) is 9.99. The Kier molecular flexibility index (Phi) is 3.53. The molecule has 2 unspecified atom stereocenters. The van der Waals surface area contributed by atoms with E-state index < -0.39 is 0 Å². The van der Waals surface area contributed by atoms with E-state index in [0.29, 0.717) is 5.92 Å². The minimum Gasteiger partial charge on any atom is -0.276 e. The average Bonchev–Trinajstić information content (AvgIpc) is 2.03. The van der Waals surface area contributed by atoms with E-state index in [1.54, 1.807) is 0 Å². The van der Waals surface area contributed by atoms with Gasteiger partial charge in [0.05, 0.1) is 0 Å². The summed E-state index contributed by atoms with van der Waals surface area (Å²) in [6.07, 6.45) is 7.86. The van der Waals surface area contributed by atoms with Crippen LogP contribution in [0.2, 0.25) is 0 Å². The van der Waals surface area contributed by atoms with Crippen LogP contribution in [-0.4, -0.2) is 43.2 Å². The third kappa shape index (κ3) is 2.20. The van der Waals surface area contributed by atoms with Gasteiger partial charge in [-0.2, -0.15) is 0 Å². The first-order chi connectivity index (χ1) is 5.65. The van der Waals surface area contributed by atoms with Crippen molar-refractivity contribution in [2.75, 3.05) is 33.8 Å². The van der Waals surface area contributed by atoms with Crippen LogP contribution in [0.25, 0.3) is 0 Å². The van der Waals surface area contributed by atoms with E-state index in [1.165, 1.54) is 12.6 Å². The maximum atomic E-state index is 5.40. The molecule has 68 valence electrons. The minimum absolute atomic E-state index is 0.0532. The number of hydrogen-bond donors (Lipinski definition) is 0. The van der Waals surface area contributed by atoms with Crippen LogP contribution in [0.1, 0.15) is 6.42 Å². The van der Waals surface area contributed by atoms with Gasteiger partial charge in [0.25, 0.3) is 0 Å². The molecular weight excluding hydrogens is 167 g/mol. The summed E-state index contributed by atoms with van der Waals surface area (Å²) >= 11 is 0. The lowest BCUT2D eigenvalue weighted by Crippen LogP contribution is -2.32. The molecule has 0 radical (unpaired) electrons. The van der Waals surface area contributed by atoms with Gasteiger partial charge in [0, 0.05) is 20.7 Å². The largest absolute Gasteiger partial charge is 0.276 e. The third-order valence-electron chi connectivity index (χ3n) is 2.25. The predicted molar refractivity (Wildman–Crippen MR) is 55.0 cm³/mol. The second-order valence-corrected chi connectivity index (χ2v) is 6.11. The molecule has 1 aliphatic rings. The van der Waals surface area contributed by atoms with E-state index >= 15 is 0 Å². The molecule has 0 aliphatic carbocycles. The zero-order valence-electron chi connectivity index (χ0n) is 8.12. The van der Waals surface area contributed by atoms with Crippen LogP contribution in [0, 0.1) is 18.3 Å². The first-order valence-corrected chi connectivity index (χ1v) is 5.70. The Bertz CT molecular complexity index is 185. The standard InChI is InChI=1S/C9H17N2P/c1-5-9-6-7-12(10(2)3)11(4)8-9/h1,9H,6-8H2,2-4H3. The van der Waals surface area contributed by atoms with Crippen LogP contribution in [0.15, 0.2) is 0 Å². The molecule has 0 aromatic rings. The quantitative estimate of drug-likeness (QED) is 0.449. The van der Waals surface area contributed by atoms with Gasteiger partial charge in [-0.05, 0) is 33.7 Å². The summed E-state index contributed by atoms with van der Waals surface area (Å²) in [5.41, 5.74) is 0. The van der Waals surface area contributed by atoms with Crippen molar-refractivity contribution in [2.45, 2.75) is 6.42 Å². The molecule has 0 N–H and O–H groups in total. The van der Waals surface area contributed by atoms with Crippen LogP contribution >= 0.6 is 8.22 Å². The normalized spacial score (nSPS) is 31.9. The topological polar surface area (TPSA) is 6.48 Å². The van der Waals surface area contributed by atoms with Crippen molar-refractivity contribution in [3.8, 4) is 12.3 Å². The molecule has 1 heterocycles. The van der Waals surface area contributed by atoms with Gasteiger partial charge in [0.1, 0.15) is 0 Å². The Morgan fingerprint density at radius 1 is 1.58 bits per heavy atom. The van der Waals surface area contributed by atoms with Gasteiger partial charge in [-0.15, -0.1) is 12.3 Å². The summed E-state index contributed by atoms with van der Waals surface area (Å²) in [4.78, 5) is 0. The lowest BCUT2D eigenvalue weighted by atomic mass is 10.1. The maximum absolute atomic E-state index is 5.40. The summed E-state index contributed by atoms with van der Waals surface area (Å²) in [5.74, 6) is 3.32. The maximum Gasteiger partial charge on any atom is 0.0387 e. The number of hydrogen-bond acceptors (Lipinski definition) is 2. The Hall–Kier alpha value is -0.0900. The molecule has 0 saturated carbocycles. The molecule has 1 aliphatic heterocycles. The summed E-state index contributed by atoms with van der Waals surface area (Å²) in [7, 11) is 6.43. The van der Waals surface area contributed by atoms with E-state index in [1.807, 2.05) is 0 Å². The Balaban J connectivity index is 2.49. The molecule has 3 heteroatoms. The van der Waals surface area contributed by atoms with Crippen LogP contribution in [0.4, 0.5) is 0 Å². The summed E-state index contributed by atoms with van der Waals surface area (Å²) in [6, 6.07) is 0. The highest BCUT2D eigenvalue weighted by atomic mass is 31.1. The van der Waals surface area contributed by atoms with Crippen molar-refractivity contribution in [3.63, 3.8) is 0 Å². The van der Waals surface area contributed by atoms with E-state index in [2.05, 4.69) is 36.4 Å². The average molecular weight is 184 g/mol. The molecule has 1 fully saturated rings. The van der Waals surface area contributed by atoms with Gasteiger partial charge in [0.2, 0.25) is 0 Å². The molecule has 0 bridgehead atoms. The van der Waals surface area contributed by atoms with Crippen molar-refractivity contribution in [2.24, 2.45) is 5.92 Å². The van der Waals surface area contributed by atoms with Gasteiger partial charge in [-0.1, -0.05) is 0 Å². The molecule has 0 spiro atoms. The molecule has 2 atom stereocenters. The molecule has 0 aromatic carbocycles. The fourth-order valence-corrected chi connectivity index (χ4v) is 3.87. The van der Waals surface area contributed by atoms with Crippen molar-refractivity contribution in [1.29, 1.82) is 0 Å². The highest BCUT2D eigenvalue weighted by molar-refractivity contribution is 7.52. The van der Waals surface area contributed by atoms with E-state index in [4.69, 9.17) is 6.42 Å². The fourth-order valence-electron chi connectivity index (χ4n) is 1.59. The summed E-state index contributed by atoms with van der Waals surface area (Å²) < 4.78 is 4.73. The van der Waals surface area contributed by atoms with Crippen LogP contribution in [0.5, 0.6) is 0 Å². The predicted octanol–water partition coefficient (Wildman–Crippen LogP) is 1.44. The van der Waals surface area contributed by atoms with Crippen molar-refractivity contribution in [1.82, 2.24) is 9.34 Å². The smallest absolute Gasteiger partial charge is 0.0387 e. The van der Waals surface area contributed by atoms with E-state index in [-0.39, 0.29) is 8.22 Å². The van der Waals surface area contributed by atoms with E-state index in [0.717, 1.165) is 6.54 Å². The second-order valence-electron chi connectivity index (χ2n) is 3.44. The molecule has 0 aromatic heterocycles. The van der Waals surface area contributed by atoms with Gasteiger partial charge in [0.15, 0.2) is 0 Å². The highest BCUT2D eigenvalue weighted by Gasteiger charge is 2.25. The lowest BCUT2D eigenvalue weighted by molar-refractivity contribution is 0.409. The first-order valence-electron chi connectivity index (χ1n) is 4.27. The Morgan fingerprint density at radius 2 is 2.25 bits per heavy atom. The number of nitrogens with zero attached hydrogens (tertiary/aromatic N) is 2.